The summed E-state index contributed by atoms with van der Waals surface area (Å²) in [6.07, 6.45) is 4.89. The lowest BCUT2D eigenvalue weighted by atomic mass is 9.94. The number of carbonyl (C=O) groups is 1. The molecule has 6 rings (SSSR count). The highest BCUT2D eigenvalue weighted by molar-refractivity contribution is 6.10. The Bertz CT molecular complexity index is 1910. The smallest absolute Gasteiger partial charge is 0.265 e. The van der Waals surface area contributed by atoms with Crippen molar-refractivity contribution in [2.75, 3.05) is 0 Å². The summed E-state index contributed by atoms with van der Waals surface area (Å²) >= 11 is 0. The van der Waals surface area contributed by atoms with E-state index in [2.05, 4.69) is 15.0 Å². The molecule has 180 valence electrons. The summed E-state index contributed by atoms with van der Waals surface area (Å²) in [4.78, 5) is 37.3. The van der Waals surface area contributed by atoms with Gasteiger partial charge >= 0.3 is 0 Å². The molecule has 0 bridgehead atoms. The highest BCUT2D eigenvalue weighted by atomic mass is 19.1. The average Bonchev–Trinajstić information content (AvgIpc) is 3.35. The van der Waals surface area contributed by atoms with Gasteiger partial charge in [0, 0.05) is 29.0 Å². The van der Waals surface area contributed by atoms with Crippen molar-refractivity contribution in [3.8, 4) is 28.1 Å². The molecule has 8 heteroatoms. The maximum absolute atomic E-state index is 13.9. The van der Waals surface area contributed by atoms with E-state index in [1.165, 1.54) is 29.1 Å². The Balaban J connectivity index is 1.58. The Labute approximate surface area is 210 Å². The largest absolute Gasteiger partial charge is 0.366 e. The first-order valence-electron chi connectivity index (χ1n) is 11.6. The fourth-order valence-electron chi connectivity index (χ4n) is 4.78. The van der Waals surface area contributed by atoms with Gasteiger partial charge in [-0.3, -0.25) is 19.1 Å². The number of H-pyrrole nitrogens is 1. The molecule has 3 heterocycles. The van der Waals surface area contributed by atoms with Crippen molar-refractivity contribution in [2.45, 2.75) is 6.92 Å². The predicted molar refractivity (Wildman–Crippen MR) is 141 cm³/mol. The maximum Gasteiger partial charge on any atom is 0.265 e. The number of nitrogens with two attached hydrogens (primary N) is 1. The zero-order valence-electron chi connectivity index (χ0n) is 19.7. The molecule has 37 heavy (non-hydrogen) atoms. The molecule has 3 aromatic carbocycles. The van der Waals surface area contributed by atoms with E-state index in [1.807, 2.05) is 49.4 Å². The van der Waals surface area contributed by atoms with Gasteiger partial charge < -0.3 is 10.7 Å². The average molecular weight is 490 g/mol. The van der Waals surface area contributed by atoms with Gasteiger partial charge in [0.05, 0.1) is 27.7 Å². The summed E-state index contributed by atoms with van der Waals surface area (Å²) in [6.45, 7) is 1.91. The van der Waals surface area contributed by atoms with Crippen LogP contribution in [0.25, 0.3) is 49.9 Å². The second-order valence-corrected chi connectivity index (χ2v) is 8.77. The molecule has 6 aromatic rings. The molecule has 0 radical (unpaired) electrons. The van der Waals surface area contributed by atoms with Crippen molar-refractivity contribution in [1.82, 2.24) is 19.5 Å². The third kappa shape index (κ3) is 3.66. The van der Waals surface area contributed by atoms with E-state index in [1.54, 1.807) is 18.5 Å². The summed E-state index contributed by atoms with van der Waals surface area (Å²) in [5.41, 5.74) is 11.6. The minimum absolute atomic E-state index is 0.201. The second kappa shape index (κ2) is 8.53. The van der Waals surface area contributed by atoms with Crippen LogP contribution in [0, 0.1) is 12.7 Å². The minimum Gasteiger partial charge on any atom is -0.366 e. The number of pyridine rings is 1. The van der Waals surface area contributed by atoms with Crippen LogP contribution in [0.5, 0.6) is 0 Å². The quantitative estimate of drug-likeness (QED) is 0.357. The Morgan fingerprint density at radius 2 is 1.86 bits per heavy atom. The molecular formula is C29H20FN5O2. The van der Waals surface area contributed by atoms with Gasteiger partial charge in [-0.25, -0.2) is 9.37 Å². The zero-order chi connectivity index (χ0) is 25.7. The topological polar surface area (TPSA) is 107 Å². The Hall–Kier alpha value is -5.11. The fraction of sp³-hybridized carbons (Fsp3) is 0.0345. The van der Waals surface area contributed by atoms with E-state index in [4.69, 9.17) is 5.73 Å². The molecule has 0 fully saturated rings. The van der Waals surface area contributed by atoms with Gasteiger partial charge in [0.15, 0.2) is 0 Å². The van der Waals surface area contributed by atoms with Crippen LogP contribution in [-0.2, 0) is 0 Å². The van der Waals surface area contributed by atoms with Gasteiger partial charge in [0.25, 0.3) is 11.5 Å². The number of hydrogen-bond donors (Lipinski definition) is 2. The number of nitrogens with zero attached hydrogens (tertiary/aromatic N) is 3. The van der Waals surface area contributed by atoms with Crippen LogP contribution < -0.4 is 11.3 Å². The van der Waals surface area contributed by atoms with Crippen LogP contribution in [-0.4, -0.2) is 25.4 Å². The van der Waals surface area contributed by atoms with Crippen molar-refractivity contribution in [3.63, 3.8) is 0 Å². The van der Waals surface area contributed by atoms with Crippen LogP contribution in [0.4, 0.5) is 4.39 Å². The number of aromatic amines is 1. The number of rotatable bonds is 4. The number of amides is 1. The lowest BCUT2D eigenvalue weighted by Crippen LogP contribution is -2.20. The summed E-state index contributed by atoms with van der Waals surface area (Å²) in [6, 6.07) is 18.9. The SMILES string of the molecule is Cc1c(-c2ccc(C(N)=O)c3[nH]c(-c4cccnc4)cc23)cccc1-n1cnc2ccc(F)cc2c1=O. The number of halogens is 1. The monoisotopic (exact) mass is 489 g/mol. The predicted octanol–water partition coefficient (Wildman–Crippen LogP) is 5.14. The number of benzene rings is 3. The number of aromatic nitrogens is 4. The van der Waals surface area contributed by atoms with Crippen molar-refractivity contribution < 1.29 is 9.18 Å². The molecule has 3 aromatic heterocycles. The first kappa shape index (κ1) is 22.4. The van der Waals surface area contributed by atoms with Crippen LogP contribution in [0.15, 0.2) is 90.2 Å². The Kier molecular flexibility index (Phi) is 5.15. The van der Waals surface area contributed by atoms with E-state index < -0.39 is 11.7 Å². The third-order valence-corrected chi connectivity index (χ3v) is 6.61. The summed E-state index contributed by atoms with van der Waals surface area (Å²) in [7, 11) is 0. The van der Waals surface area contributed by atoms with Crippen molar-refractivity contribution in [3.05, 3.63) is 113 Å². The normalized spacial score (nSPS) is 11.3. The van der Waals surface area contributed by atoms with Crippen LogP contribution >= 0.6 is 0 Å². The lowest BCUT2D eigenvalue weighted by molar-refractivity contribution is 0.100. The number of carbonyl (C=O) groups excluding carboxylic acids is 1. The molecule has 3 N–H and O–H groups in total. The van der Waals surface area contributed by atoms with E-state index in [-0.39, 0.29) is 10.9 Å². The van der Waals surface area contributed by atoms with Gasteiger partial charge in [0.1, 0.15) is 12.1 Å². The van der Waals surface area contributed by atoms with E-state index in [9.17, 15) is 14.0 Å². The van der Waals surface area contributed by atoms with Gasteiger partial charge in [-0.15, -0.1) is 0 Å². The highest BCUT2D eigenvalue weighted by Crippen LogP contribution is 2.36. The zero-order valence-corrected chi connectivity index (χ0v) is 19.7. The molecular weight excluding hydrogens is 469 g/mol. The van der Waals surface area contributed by atoms with Gasteiger partial charge in [0.2, 0.25) is 0 Å². The summed E-state index contributed by atoms with van der Waals surface area (Å²) < 4.78 is 15.3. The molecule has 0 aliphatic carbocycles. The standard InChI is InChI=1S/C29H20FN5O2/c1-16-19(5-2-6-26(16)35-15-33-24-10-7-18(30)12-23(24)29(35)37)20-8-9-21(28(31)36)27-22(20)13-25(34-27)17-4-3-11-32-14-17/h2-15,34H,1H3,(H2,31,36). The molecule has 7 nitrogen and oxygen atoms in total. The molecule has 0 atom stereocenters. The minimum atomic E-state index is -0.539. The van der Waals surface area contributed by atoms with Gasteiger partial charge in [-0.2, -0.15) is 0 Å². The van der Waals surface area contributed by atoms with E-state index in [0.717, 1.165) is 33.3 Å². The third-order valence-electron chi connectivity index (χ3n) is 6.61. The van der Waals surface area contributed by atoms with E-state index >= 15 is 0 Å². The Morgan fingerprint density at radius 3 is 2.65 bits per heavy atom. The lowest BCUT2D eigenvalue weighted by Gasteiger charge is -2.15. The number of nitrogens with one attached hydrogen (secondary N) is 1. The number of fused-ring (bicyclic) bond motifs is 2. The summed E-state index contributed by atoms with van der Waals surface area (Å²) in [5.74, 6) is -1.04. The van der Waals surface area contributed by atoms with Gasteiger partial charge in [-0.05, 0) is 72.1 Å². The van der Waals surface area contributed by atoms with Crippen LogP contribution in [0.1, 0.15) is 15.9 Å². The van der Waals surface area contributed by atoms with Gasteiger partial charge in [-0.1, -0.05) is 18.2 Å². The van der Waals surface area contributed by atoms with Crippen molar-refractivity contribution in [2.24, 2.45) is 5.73 Å². The molecule has 0 spiro atoms. The molecule has 0 aliphatic heterocycles. The van der Waals surface area contributed by atoms with Crippen molar-refractivity contribution in [1.29, 1.82) is 0 Å². The molecule has 0 saturated carbocycles. The van der Waals surface area contributed by atoms with Crippen LogP contribution in [0.3, 0.4) is 0 Å². The molecule has 0 saturated heterocycles. The summed E-state index contributed by atoms with van der Waals surface area (Å²) in [5, 5.41) is 1.01. The molecule has 0 aliphatic rings. The Morgan fingerprint density at radius 1 is 1.00 bits per heavy atom. The number of primary amides is 1. The molecule has 1 amide bonds. The first-order chi connectivity index (χ1) is 17.9. The van der Waals surface area contributed by atoms with Crippen molar-refractivity contribution >= 4 is 27.7 Å². The van der Waals surface area contributed by atoms with Crippen LogP contribution in [0.2, 0.25) is 0 Å². The highest BCUT2D eigenvalue weighted by Gasteiger charge is 2.18. The van der Waals surface area contributed by atoms with E-state index in [0.29, 0.717) is 22.3 Å². The molecule has 0 unspecified atom stereocenters. The fourth-order valence-corrected chi connectivity index (χ4v) is 4.78. The second-order valence-electron chi connectivity index (χ2n) is 8.77. The number of hydrogen-bond acceptors (Lipinski definition) is 4. The maximum atomic E-state index is 13.9. The first-order valence-corrected chi connectivity index (χ1v) is 11.6.